The SMILES string of the molecule is C=C(N[C@@H]1CCCN(C(=O)OC(C)(C)C)C1)c1sc2nccc3c2c1NC(=O)N3c1cccc(C2CCOCC2)c1. The molecule has 0 bridgehead atoms. The monoisotopic (exact) mass is 575 g/mol. The Morgan fingerprint density at radius 3 is 2.80 bits per heavy atom. The lowest BCUT2D eigenvalue weighted by molar-refractivity contribution is 0.0193. The zero-order valence-corrected chi connectivity index (χ0v) is 24.7. The zero-order valence-electron chi connectivity index (χ0n) is 23.9. The maximum atomic E-state index is 13.7. The second-order valence-electron chi connectivity index (χ2n) is 12.0. The summed E-state index contributed by atoms with van der Waals surface area (Å²) in [6, 6.07) is 9.98. The van der Waals surface area contributed by atoms with E-state index >= 15 is 0 Å². The topological polar surface area (TPSA) is 96.0 Å². The number of aromatic nitrogens is 1. The highest BCUT2D eigenvalue weighted by atomic mass is 32.1. The molecule has 9 nitrogen and oxygen atoms in total. The molecule has 3 amide bonds. The minimum absolute atomic E-state index is 0.0253. The van der Waals surface area contributed by atoms with E-state index in [1.807, 2.05) is 39.0 Å². The quantitative estimate of drug-likeness (QED) is 0.346. The summed E-state index contributed by atoms with van der Waals surface area (Å²) in [5, 5.41) is 7.58. The average molecular weight is 576 g/mol. The molecule has 0 unspecified atom stereocenters. The van der Waals surface area contributed by atoms with Gasteiger partial charge in [0.05, 0.1) is 27.3 Å². The van der Waals surface area contributed by atoms with E-state index < -0.39 is 5.60 Å². The van der Waals surface area contributed by atoms with Gasteiger partial charge in [0, 0.05) is 44.2 Å². The van der Waals surface area contributed by atoms with Crippen LogP contribution >= 0.6 is 11.3 Å². The molecule has 5 heterocycles. The number of nitrogens with zero attached hydrogens (tertiary/aromatic N) is 3. The standard InChI is InChI=1S/C31H37N5O4S/c1-19(33-22-8-6-14-35(18-22)30(38)40-31(2,3)4)27-26-25-24(10-13-32-28(25)41-27)36(29(37)34-26)23-9-5-7-21(17-23)20-11-15-39-16-12-20/h5,7,9-10,13,17,20,22,33H,1,6,8,11-12,14-16,18H2,2-4H3,(H,34,37)/t22-/m1/s1. The maximum Gasteiger partial charge on any atom is 0.410 e. The van der Waals surface area contributed by atoms with E-state index in [2.05, 4.69) is 34.3 Å². The number of carbonyl (C=O) groups is 2. The predicted molar refractivity (Wildman–Crippen MR) is 163 cm³/mol. The molecule has 2 N–H and O–H groups in total. The molecular formula is C31H37N5O4S. The van der Waals surface area contributed by atoms with Crippen LogP contribution in [0.15, 0.2) is 43.1 Å². The van der Waals surface area contributed by atoms with Crippen molar-refractivity contribution in [2.75, 3.05) is 36.5 Å². The van der Waals surface area contributed by atoms with Crippen LogP contribution in [0.5, 0.6) is 0 Å². The second-order valence-corrected chi connectivity index (χ2v) is 13.0. The van der Waals surface area contributed by atoms with Crippen LogP contribution in [0, 0.1) is 0 Å². The third-order valence-electron chi connectivity index (χ3n) is 7.79. The molecule has 0 spiro atoms. The number of thiophene rings is 1. The first-order valence-electron chi connectivity index (χ1n) is 14.3. The lowest BCUT2D eigenvalue weighted by Crippen LogP contribution is -2.48. The molecule has 41 heavy (non-hydrogen) atoms. The van der Waals surface area contributed by atoms with Gasteiger partial charge in [-0.1, -0.05) is 18.7 Å². The number of urea groups is 1. The minimum atomic E-state index is -0.538. The van der Waals surface area contributed by atoms with E-state index in [4.69, 9.17) is 9.47 Å². The molecule has 3 aromatic rings. The molecule has 0 aliphatic carbocycles. The van der Waals surface area contributed by atoms with Crippen molar-refractivity contribution in [1.29, 1.82) is 0 Å². The molecule has 2 aromatic heterocycles. The lowest BCUT2D eigenvalue weighted by Gasteiger charge is -2.35. The number of carbonyl (C=O) groups excluding carboxylic acids is 2. The van der Waals surface area contributed by atoms with Crippen LogP contribution in [0.25, 0.3) is 15.9 Å². The zero-order chi connectivity index (χ0) is 28.7. The predicted octanol–water partition coefficient (Wildman–Crippen LogP) is 6.83. The van der Waals surface area contributed by atoms with Crippen molar-refractivity contribution < 1.29 is 19.1 Å². The Balaban J connectivity index is 1.25. The van der Waals surface area contributed by atoms with Crippen molar-refractivity contribution in [2.24, 2.45) is 0 Å². The third-order valence-corrected chi connectivity index (χ3v) is 8.95. The molecular weight excluding hydrogens is 538 g/mol. The van der Waals surface area contributed by atoms with Crippen molar-refractivity contribution in [3.8, 4) is 0 Å². The Morgan fingerprint density at radius 1 is 1.22 bits per heavy atom. The number of rotatable bonds is 5. The molecule has 0 saturated carbocycles. The molecule has 3 aliphatic rings. The number of anilines is 3. The van der Waals surface area contributed by atoms with Crippen LogP contribution in [0.1, 0.15) is 62.8 Å². The Kier molecular flexibility index (Phi) is 7.37. The third kappa shape index (κ3) is 5.63. The summed E-state index contributed by atoms with van der Waals surface area (Å²) in [5.41, 5.74) is 3.77. The van der Waals surface area contributed by atoms with Gasteiger partial charge in [-0.25, -0.2) is 14.6 Å². The van der Waals surface area contributed by atoms with E-state index in [9.17, 15) is 9.59 Å². The van der Waals surface area contributed by atoms with Crippen LogP contribution < -0.4 is 15.5 Å². The van der Waals surface area contributed by atoms with Crippen molar-refractivity contribution in [2.45, 2.75) is 64.0 Å². The number of amides is 3. The summed E-state index contributed by atoms with van der Waals surface area (Å²) >= 11 is 1.51. The summed E-state index contributed by atoms with van der Waals surface area (Å²) < 4.78 is 11.1. The smallest absolute Gasteiger partial charge is 0.410 e. The Labute approximate surface area is 244 Å². The minimum Gasteiger partial charge on any atom is -0.444 e. The van der Waals surface area contributed by atoms with Crippen LogP contribution in [0.2, 0.25) is 0 Å². The van der Waals surface area contributed by atoms with Gasteiger partial charge in [-0.05, 0) is 76.1 Å². The fourth-order valence-corrected chi connectivity index (χ4v) is 6.95. The van der Waals surface area contributed by atoms with Crippen LogP contribution in [0.4, 0.5) is 26.7 Å². The number of piperidine rings is 1. The van der Waals surface area contributed by atoms with Gasteiger partial charge >= 0.3 is 12.1 Å². The molecule has 3 aliphatic heterocycles. The summed E-state index contributed by atoms with van der Waals surface area (Å²) in [6.07, 6.45) is 5.21. The van der Waals surface area contributed by atoms with Gasteiger partial charge in [-0.3, -0.25) is 4.90 Å². The van der Waals surface area contributed by atoms with Crippen molar-refractivity contribution in [1.82, 2.24) is 15.2 Å². The Bertz CT molecular complexity index is 1490. The first kappa shape index (κ1) is 27.5. The van der Waals surface area contributed by atoms with E-state index in [1.54, 1.807) is 16.0 Å². The van der Waals surface area contributed by atoms with Crippen molar-refractivity contribution in [3.63, 3.8) is 0 Å². The lowest BCUT2D eigenvalue weighted by atomic mass is 9.91. The van der Waals surface area contributed by atoms with Gasteiger partial charge in [0.1, 0.15) is 10.4 Å². The van der Waals surface area contributed by atoms with E-state index in [0.717, 1.165) is 71.1 Å². The molecule has 2 saturated heterocycles. The molecule has 10 heteroatoms. The van der Waals surface area contributed by atoms with E-state index in [1.165, 1.54) is 16.9 Å². The summed E-state index contributed by atoms with van der Waals surface area (Å²) in [5.74, 6) is 0.428. The molecule has 2 fully saturated rings. The highest BCUT2D eigenvalue weighted by Gasteiger charge is 2.33. The largest absolute Gasteiger partial charge is 0.444 e. The van der Waals surface area contributed by atoms with Crippen molar-refractivity contribution >= 4 is 56.4 Å². The number of pyridine rings is 1. The van der Waals surface area contributed by atoms with Crippen LogP contribution in [0.3, 0.4) is 0 Å². The number of hydrogen-bond acceptors (Lipinski definition) is 7. The highest BCUT2D eigenvalue weighted by Crippen LogP contribution is 2.47. The first-order valence-corrected chi connectivity index (χ1v) is 15.1. The second kappa shape index (κ2) is 11.0. The van der Waals surface area contributed by atoms with Gasteiger partial charge in [-0.2, -0.15) is 0 Å². The molecule has 6 rings (SSSR count). The summed E-state index contributed by atoms with van der Waals surface area (Å²) in [7, 11) is 0. The normalized spacial score (nSPS) is 19.7. The number of likely N-dealkylation sites (tertiary alicyclic amines) is 1. The fraction of sp³-hybridized carbons (Fsp3) is 0.452. The summed E-state index contributed by atoms with van der Waals surface area (Å²) in [6.45, 7) is 12.7. The molecule has 0 radical (unpaired) electrons. The van der Waals surface area contributed by atoms with Crippen molar-refractivity contribution in [3.05, 3.63) is 53.5 Å². The average Bonchev–Trinajstić information content (AvgIpc) is 3.32. The first-order chi connectivity index (χ1) is 19.7. The van der Waals surface area contributed by atoms with Gasteiger partial charge in [-0.15, -0.1) is 11.3 Å². The fourth-order valence-electron chi connectivity index (χ4n) is 5.90. The molecule has 1 atom stereocenters. The van der Waals surface area contributed by atoms with Crippen LogP contribution in [-0.4, -0.2) is 60.0 Å². The van der Waals surface area contributed by atoms with Crippen LogP contribution in [-0.2, 0) is 9.47 Å². The number of hydrogen-bond donors (Lipinski definition) is 2. The van der Waals surface area contributed by atoms with Gasteiger partial charge < -0.3 is 25.0 Å². The molecule has 1 aromatic carbocycles. The number of ether oxygens (including phenoxy) is 2. The van der Waals surface area contributed by atoms with E-state index in [0.29, 0.717) is 24.7 Å². The molecule has 216 valence electrons. The maximum absolute atomic E-state index is 13.7. The van der Waals surface area contributed by atoms with Gasteiger partial charge in [0.15, 0.2) is 0 Å². The highest BCUT2D eigenvalue weighted by molar-refractivity contribution is 7.20. The summed E-state index contributed by atoms with van der Waals surface area (Å²) in [4.78, 5) is 36.1. The Morgan fingerprint density at radius 2 is 2.02 bits per heavy atom. The number of benzene rings is 1. The van der Waals surface area contributed by atoms with E-state index in [-0.39, 0.29) is 18.2 Å². The number of nitrogens with one attached hydrogen (secondary N) is 2. The van der Waals surface area contributed by atoms with Gasteiger partial charge in [0.25, 0.3) is 0 Å². The Hall–Kier alpha value is -3.63. The van der Waals surface area contributed by atoms with Gasteiger partial charge in [0.2, 0.25) is 0 Å².